The molecule has 74 valence electrons. The van der Waals surface area contributed by atoms with Crippen molar-refractivity contribution >= 4 is 34.0 Å². The summed E-state index contributed by atoms with van der Waals surface area (Å²) >= 11 is 11.7. The van der Waals surface area contributed by atoms with E-state index in [4.69, 9.17) is 28.5 Å². The van der Waals surface area contributed by atoms with E-state index in [1.807, 2.05) is 6.07 Å². The first kappa shape index (κ1) is 10.1. The second kappa shape index (κ2) is 3.62. The van der Waals surface area contributed by atoms with E-state index >= 15 is 0 Å². The van der Waals surface area contributed by atoms with Crippen LogP contribution >= 0.6 is 23.2 Å². The van der Waals surface area contributed by atoms with Crippen molar-refractivity contribution in [2.45, 2.75) is 0 Å². The van der Waals surface area contributed by atoms with Gasteiger partial charge in [0.05, 0.1) is 10.6 Å². The Morgan fingerprint density at radius 3 is 2.60 bits per heavy atom. The molecular weight excluding hydrogens is 233 g/mol. The van der Waals surface area contributed by atoms with Gasteiger partial charge in [0.25, 0.3) is 0 Å². The van der Waals surface area contributed by atoms with Gasteiger partial charge in [0, 0.05) is 10.4 Å². The molecule has 0 aliphatic rings. The summed E-state index contributed by atoms with van der Waals surface area (Å²) in [6, 6.07) is 8.52. The topological polar surface area (TPSA) is 44.0 Å². The van der Waals surface area contributed by atoms with Gasteiger partial charge in [-0.1, -0.05) is 29.3 Å². The Morgan fingerprint density at radius 2 is 1.93 bits per heavy atom. The van der Waals surface area contributed by atoms with Crippen molar-refractivity contribution in [2.24, 2.45) is 0 Å². The van der Waals surface area contributed by atoms with Crippen LogP contribution in [0.25, 0.3) is 10.8 Å². The van der Waals surface area contributed by atoms with Crippen molar-refractivity contribution in [3.05, 3.63) is 39.9 Å². The van der Waals surface area contributed by atoms with Crippen LogP contribution in [0.5, 0.6) is 5.75 Å². The van der Waals surface area contributed by atoms with E-state index in [9.17, 15) is 5.11 Å². The molecule has 0 atom stereocenters. The Hall–Kier alpha value is -1.43. The van der Waals surface area contributed by atoms with Gasteiger partial charge in [0.2, 0.25) is 0 Å². The molecule has 2 aromatic carbocycles. The van der Waals surface area contributed by atoms with Crippen molar-refractivity contribution in [2.75, 3.05) is 0 Å². The molecule has 0 aliphatic heterocycles. The fraction of sp³-hybridized carbons (Fsp3) is 0. The molecule has 15 heavy (non-hydrogen) atoms. The van der Waals surface area contributed by atoms with Gasteiger partial charge >= 0.3 is 0 Å². The Bertz CT molecular complexity index is 587. The lowest BCUT2D eigenvalue weighted by Gasteiger charge is -2.05. The Morgan fingerprint density at radius 1 is 1.20 bits per heavy atom. The molecule has 0 bridgehead atoms. The number of rotatable bonds is 0. The maximum absolute atomic E-state index is 9.58. The van der Waals surface area contributed by atoms with Crippen LogP contribution < -0.4 is 0 Å². The van der Waals surface area contributed by atoms with Gasteiger partial charge in [-0.05, 0) is 23.6 Å². The minimum absolute atomic E-state index is 0.148. The largest absolute Gasteiger partial charge is 0.505 e. The summed E-state index contributed by atoms with van der Waals surface area (Å²) in [5, 5.41) is 20.5. The van der Waals surface area contributed by atoms with Gasteiger partial charge in [0.1, 0.15) is 6.07 Å². The molecule has 2 nitrogen and oxygen atoms in total. The summed E-state index contributed by atoms with van der Waals surface area (Å²) in [6.07, 6.45) is 0. The van der Waals surface area contributed by atoms with Crippen LogP contribution in [-0.4, -0.2) is 5.11 Å². The zero-order chi connectivity index (χ0) is 11.0. The molecule has 0 aromatic heterocycles. The highest BCUT2D eigenvalue weighted by atomic mass is 35.5. The number of aromatic hydroxyl groups is 1. The molecule has 0 amide bonds. The number of nitriles is 1. The lowest BCUT2D eigenvalue weighted by molar-refractivity contribution is 0.474. The SMILES string of the molecule is N#Cc1cc2cc(Cl)ccc2c(Cl)c1O. The standard InChI is InChI=1S/C11H5Cl2NO/c12-8-1-2-9-6(4-8)3-7(5-14)11(15)10(9)13/h1-4,15H. The van der Waals surface area contributed by atoms with Crippen LogP contribution in [0.4, 0.5) is 0 Å². The van der Waals surface area contributed by atoms with E-state index in [1.165, 1.54) is 0 Å². The Balaban J connectivity index is 2.92. The first-order valence-electron chi connectivity index (χ1n) is 4.14. The average Bonchev–Trinajstić information content (AvgIpc) is 2.23. The van der Waals surface area contributed by atoms with Gasteiger partial charge in [0.15, 0.2) is 5.75 Å². The summed E-state index contributed by atoms with van der Waals surface area (Å²) in [4.78, 5) is 0. The summed E-state index contributed by atoms with van der Waals surface area (Å²) in [6.45, 7) is 0. The number of phenolic OH excluding ortho intramolecular Hbond substituents is 1. The van der Waals surface area contributed by atoms with Gasteiger partial charge in [-0.3, -0.25) is 0 Å². The van der Waals surface area contributed by atoms with Gasteiger partial charge in [-0.25, -0.2) is 0 Å². The molecule has 2 aromatic rings. The van der Waals surface area contributed by atoms with Crippen molar-refractivity contribution in [3.63, 3.8) is 0 Å². The lowest BCUT2D eigenvalue weighted by Crippen LogP contribution is -1.81. The van der Waals surface area contributed by atoms with Crippen molar-refractivity contribution in [1.82, 2.24) is 0 Å². The summed E-state index contributed by atoms with van der Waals surface area (Å²) in [5.74, 6) is -0.186. The molecule has 0 aliphatic carbocycles. The molecular formula is C11H5Cl2NO. The summed E-state index contributed by atoms with van der Waals surface area (Å²) in [7, 11) is 0. The zero-order valence-electron chi connectivity index (χ0n) is 7.46. The van der Waals surface area contributed by atoms with Gasteiger partial charge in [-0.15, -0.1) is 0 Å². The molecule has 0 spiro atoms. The third-order valence-electron chi connectivity index (χ3n) is 2.13. The average molecular weight is 238 g/mol. The molecule has 0 fully saturated rings. The normalized spacial score (nSPS) is 10.2. The molecule has 0 unspecified atom stereocenters. The van der Waals surface area contributed by atoms with E-state index < -0.39 is 0 Å². The zero-order valence-corrected chi connectivity index (χ0v) is 8.97. The molecule has 0 radical (unpaired) electrons. The number of hydrogen-bond acceptors (Lipinski definition) is 2. The minimum Gasteiger partial charge on any atom is -0.505 e. The maximum atomic E-state index is 9.58. The van der Waals surface area contributed by atoms with Crippen molar-refractivity contribution < 1.29 is 5.11 Å². The van der Waals surface area contributed by atoms with Crippen LogP contribution in [0.1, 0.15) is 5.56 Å². The van der Waals surface area contributed by atoms with Crippen LogP contribution in [-0.2, 0) is 0 Å². The van der Waals surface area contributed by atoms with Crippen LogP contribution in [0.2, 0.25) is 10.0 Å². The van der Waals surface area contributed by atoms with Crippen molar-refractivity contribution in [1.29, 1.82) is 5.26 Å². The molecule has 0 saturated heterocycles. The monoisotopic (exact) mass is 237 g/mol. The first-order valence-corrected chi connectivity index (χ1v) is 4.90. The van der Waals surface area contributed by atoms with E-state index in [2.05, 4.69) is 0 Å². The third-order valence-corrected chi connectivity index (χ3v) is 2.75. The predicted molar refractivity (Wildman–Crippen MR) is 60.3 cm³/mol. The van der Waals surface area contributed by atoms with E-state index in [-0.39, 0.29) is 16.3 Å². The van der Waals surface area contributed by atoms with Crippen LogP contribution in [0.15, 0.2) is 24.3 Å². The Kier molecular flexibility index (Phi) is 2.44. The highest BCUT2D eigenvalue weighted by Crippen LogP contribution is 2.35. The second-order valence-corrected chi connectivity index (χ2v) is 3.88. The summed E-state index contributed by atoms with van der Waals surface area (Å²) < 4.78 is 0. The van der Waals surface area contributed by atoms with E-state index in [1.54, 1.807) is 24.3 Å². The van der Waals surface area contributed by atoms with Crippen molar-refractivity contribution in [3.8, 4) is 11.8 Å². The van der Waals surface area contributed by atoms with Gasteiger partial charge < -0.3 is 5.11 Å². The minimum atomic E-state index is -0.186. The number of phenols is 1. The Labute approximate surface area is 96.3 Å². The highest BCUT2D eigenvalue weighted by molar-refractivity contribution is 6.38. The number of nitrogens with zero attached hydrogens (tertiary/aromatic N) is 1. The second-order valence-electron chi connectivity index (χ2n) is 3.06. The molecule has 1 N–H and O–H groups in total. The van der Waals surface area contributed by atoms with E-state index in [0.29, 0.717) is 10.4 Å². The third kappa shape index (κ3) is 1.61. The van der Waals surface area contributed by atoms with Crippen LogP contribution in [0.3, 0.4) is 0 Å². The highest BCUT2D eigenvalue weighted by Gasteiger charge is 2.10. The fourth-order valence-corrected chi connectivity index (χ4v) is 1.86. The predicted octanol–water partition coefficient (Wildman–Crippen LogP) is 3.72. The number of halogens is 2. The lowest BCUT2D eigenvalue weighted by atomic mass is 10.1. The molecule has 2 rings (SSSR count). The maximum Gasteiger partial charge on any atom is 0.152 e. The number of fused-ring (bicyclic) bond motifs is 1. The quantitative estimate of drug-likeness (QED) is 0.759. The molecule has 4 heteroatoms. The van der Waals surface area contributed by atoms with Crippen LogP contribution in [0, 0.1) is 11.3 Å². The first-order chi connectivity index (χ1) is 7.13. The molecule has 0 heterocycles. The molecule has 0 saturated carbocycles. The number of benzene rings is 2. The van der Waals surface area contributed by atoms with E-state index in [0.717, 1.165) is 5.39 Å². The fourth-order valence-electron chi connectivity index (χ4n) is 1.41. The summed E-state index contributed by atoms with van der Waals surface area (Å²) in [5.41, 5.74) is 0.148. The number of hydrogen-bond donors (Lipinski definition) is 1. The smallest absolute Gasteiger partial charge is 0.152 e. The van der Waals surface area contributed by atoms with Gasteiger partial charge in [-0.2, -0.15) is 5.26 Å².